The summed E-state index contributed by atoms with van der Waals surface area (Å²) < 4.78 is 56.0. The van der Waals surface area contributed by atoms with Crippen molar-refractivity contribution < 1.29 is 42.1 Å². The molecule has 2 fully saturated rings. The number of carboxylic acids is 1. The van der Waals surface area contributed by atoms with Crippen LogP contribution in [0.25, 0.3) is 0 Å². The Labute approximate surface area is 228 Å². The van der Waals surface area contributed by atoms with Crippen LogP contribution in [0, 0.1) is 5.92 Å². The molecule has 0 aromatic heterocycles. The molecular formula is C28H29ClF3NO6. The van der Waals surface area contributed by atoms with E-state index in [4.69, 9.17) is 25.8 Å². The number of rotatable bonds is 8. The summed E-state index contributed by atoms with van der Waals surface area (Å²) in [6.07, 6.45) is -3.61. The number of carbonyl (C=O) groups is 2. The quantitative estimate of drug-likeness (QED) is 0.411. The van der Waals surface area contributed by atoms with Crippen LogP contribution in [0.1, 0.15) is 55.2 Å². The van der Waals surface area contributed by atoms with Crippen molar-refractivity contribution in [3.05, 3.63) is 58.1 Å². The molecule has 0 amide bonds. The lowest BCUT2D eigenvalue weighted by Gasteiger charge is -2.44. The number of nitrogens with zero attached hydrogens (tertiary/aromatic N) is 1. The van der Waals surface area contributed by atoms with E-state index >= 15 is 0 Å². The van der Waals surface area contributed by atoms with Gasteiger partial charge in [-0.25, -0.2) is 4.79 Å². The first-order chi connectivity index (χ1) is 18.5. The third-order valence-corrected chi connectivity index (χ3v) is 8.19. The van der Waals surface area contributed by atoms with E-state index in [-0.39, 0.29) is 26.1 Å². The zero-order valence-electron chi connectivity index (χ0n) is 21.3. The van der Waals surface area contributed by atoms with E-state index < -0.39 is 35.7 Å². The molecule has 0 radical (unpaired) electrons. The lowest BCUT2D eigenvalue weighted by atomic mass is 9.73. The van der Waals surface area contributed by atoms with Crippen LogP contribution >= 0.6 is 11.6 Å². The second kappa shape index (κ2) is 10.5. The minimum Gasteiger partial charge on any atom is -0.492 e. The smallest absolute Gasteiger partial charge is 0.490 e. The SMILES string of the molecule is CC(CN1CCC2(COc3cc(OCc4c(Cl)cccc4C4CC4)ccc32)CC1OC(=O)C(F)(F)F)C(=O)O. The summed E-state index contributed by atoms with van der Waals surface area (Å²) in [4.78, 5) is 24.6. The van der Waals surface area contributed by atoms with Gasteiger partial charge in [-0.3, -0.25) is 9.69 Å². The average Bonchev–Trinajstić information content (AvgIpc) is 3.67. The maximum atomic E-state index is 13.0. The number of aliphatic carboxylic acids is 1. The predicted octanol–water partition coefficient (Wildman–Crippen LogP) is 5.67. The van der Waals surface area contributed by atoms with Crippen LogP contribution < -0.4 is 9.47 Å². The van der Waals surface area contributed by atoms with Crippen molar-refractivity contribution in [2.45, 2.75) is 63.0 Å². The van der Waals surface area contributed by atoms with Gasteiger partial charge in [-0.2, -0.15) is 13.2 Å². The Balaban J connectivity index is 1.33. The first kappa shape index (κ1) is 27.6. The van der Waals surface area contributed by atoms with Gasteiger partial charge in [0, 0.05) is 47.1 Å². The van der Waals surface area contributed by atoms with Crippen molar-refractivity contribution in [2.75, 3.05) is 19.7 Å². The summed E-state index contributed by atoms with van der Waals surface area (Å²) in [6, 6.07) is 11.2. The van der Waals surface area contributed by atoms with Gasteiger partial charge in [-0.1, -0.05) is 36.7 Å². The zero-order valence-corrected chi connectivity index (χ0v) is 22.1. The summed E-state index contributed by atoms with van der Waals surface area (Å²) >= 11 is 6.45. The second-order valence-corrected chi connectivity index (χ2v) is 11.1. The molecule has 3 unspecified atom stereocenters. The molecule has 3 aliphatic rings. The third-order valence-electron chi connectivity index (χ3n) is 7.84. The molecule has 3 atom stereocenters. The summed E-state index contributed by atoms with van der Waals surface area (Å²) in [5.74, 6) is -2.60. The molecule has 1 aliphatic carbocycles. The molecule has 2 aromatic rings. The Morgan fingerprint density at radius 1 is 1.26 bits per heavy atom. The Kier molecular flexibility index (Phi) is 7.45. The van der Waals surface area contributed by atoms with Crippen molar-refractivity contribution in [1.82, 2.24) is 4.90 Å². The van der Waals surface area contributed by atoms with E-state index in [1.165, 1.54) is 17.4 Å². The minimum absolute atomic E-state index is 0.0404. The fourth-order valence-electron chi connectivity index (χ4n) is 5.49. The van der Waals surface area contributed by atoms with Gasteiger partial charge in [-0.15, -0.1) is 0 Å². The molecular weight excluding hydrogens is 539 g/mol. The van der Waals surface area contributed by atoms with Crippen molar-refractivity contribution in [1.29, 1.82) is 0 Å². The van der Waals surface area contributed by atoms with Gasteiger partial charge < -0.3 is 19.3 Å². The minimum atomic E-state index is -5.16. The van der Waals surface area contributed by atoms with Crippen LogP contribution in [-0.2, 0) is 26.3 Å². The number of hydrogen-bond donors (Lipinski definition) is 1. The molecule has 1 N–H and O–H groups in total. The number of esters is 1. The molecule has 7 nitrogen and oxygen atoms in total. The maximum absolute atomic E-state index is 13.0. The molecule has 39 heavy (non-hydrogen) atoms. The molecule has 2 aliphatic heterocycles. The Morgan fingerprint density at radius 3 is 2.72 bits per heavy atom. The van der Waals surface area contributed by atoms with Crippen LogP contribution in [0.2, 0.25) is 5.02 Å². The van der Waals surface area contributed by atoms with Crippen LogP contribution in [0.5, 0.6) is 11.5 Å². The van der Waals surface area contributed by atoms with Crippen molar-refractivity contribution in [3.63, 3.8) is 0 Å². The highest BCUT2D eigenvalue weighted by atomic mass is 35.5. The van der Waals surface area contributed by atoms with Crippen molar-refractivity contribution in [3.8, 4) is 11.5 Å². The molecule has 11 heteroatoms. The van der Waals surface area contributed by atoms with Crippen LogP contribution in [0.4, 0.5) is 13.2 Å². The van der Waals surface area contributed by atoms with Crippen LogP contribution in [0.3, 0.4) is 0 Å². The number of carboxylic acid groups (broad SMARTS) is 1. The van der Waals surface area contributed by atoms with E-state index in [1.807, 2.05) is 18.2 Å². The van der Waals surface area contributed by atoms with Crippen molar-refractivity contribution >= 4 is 23.5 Å². The van der Waals surface area contributed by atoms with Gasteiger partial charge in [0.05, 0.1) is 12.5 Å². The maximum Gasteiger partial charge on any atom is 0.490 e. The first-order valence-corrected chi connectivity index (χ1v) is 13.3. The highest BCUT2D eigenvalue weighted by Gasteiger charge is 2.50. The summed E-state index contributed by atoms with van der Waals surface area (Å²) in [5, 5.41) is 9.95. The van der Waals surface area contributed by atoms with E-state index in [1.54, 1.807) is 12.1 Å². The number of ether oxygens (including phenoxy) is 3. The number of alkyl halides is 3. The highest BCUT2D eigenvalue weighted by molar-refractivity contribution is 6.31. The fourth-order valence-corrected chi connectivity index (χ4v) is 5.73. The van der Waals surface area contributed by atoms with Gasteiger partial charge in [-0.05, 0) is 42.9 Å². The lowest BCUT2D eigenvalue weighted by Crippen LogP contribution is -2.53. The molecule has 1 saturated carbocycles. The molecule has 2 aromatic carbocycles. The third kappa shape index (κ3) is 5.82. The van der Waals surface area contributed by atoms with Gasteiger partial charge in [0.2, 0.25) is 0 Å². The number of hydrogen-bond acceptors (Lipinski definition) is 6. The number of halogens is 4. The number of piperidine rings is 1. The largest absolute Gasteiger partial charge is 0.492 e. The molecule has 0 bridgehead atoms. The topological polar surface area (TPSA) is 85.3 Å². The van der Waals surface area contributed by atoms with E-state index in [2.05, 4.69) is 6.07 Å². The highest BCUT2D eigenvalue weighted by Crippen LogP contribution is 2.49. The monoisotopic (exact) mass is 567 g/mol. The van der Waals surface area contributed by atoms with Crippen LogP contribution in [0.15, 0.2) is 36.4 Å². The molecule has 2 heterocycles. The fraction of sp³-hybridized carbons (Fsp3) is 0.500. The Hall–Kier alpha value is -2.98. The normalized spacial score (nSPS) is 23.7. The van der Waals surface area contributed by atoms with Gasteiger partial charge >= 0.3 is 18.1 Å². The molecule has 210 valence electrons. The summed E-state index contributed by atoms with van der Waals surface area (Å²) in [7, 11) is 0. The molecule has 5 rings (SSSR count). The lowest BCUT2D eigenvalue weighted by molar-refractivity contribution is -0.217. The first-order valence-electron chi connectivity index (χ1n) is 12.9. The summed E-state index contributed by atoms with van der Waals surface area (Å²) in [5.41, 5.74) is 2.26. The second-order valence-electron chi connectivity index (χ2n) is 10.6. The molecule has 1 spiro atoms. The average molecular weight is 568 g/mol. The zero-order chi connectivity index (χ0) is 27.9. The van der Waals surface area contributed by atoms with Gasteiger partial charge in [0.1, 0.15) is 18.1 Å². The number of carbonyl (C=O) groups excluding carboxylic acids is 1. The van der Waals surface area contributed by atoms with E-state index in [0.29, 0.717) is 35.5 Å². The number of benzene rings is 2. The molecule has 1 saturated heterocycles. The standard InChI is InChI=1S/C28H29ClF3NO6/c1-16(25(34)35)13-33-10-9-27(12-24(33)39-26(36)28(30,31)32)15-38-23-11-18(7-8-21(23)27)37-14-20-19(17-5-6-17)3-2-4-22(20)29/h2-4,7-8,11,16-17,24H,5-6,9-10,12-15H2,1H3,(H,34,35). The summed E-state index contributed by atoms with van der Waals surface area (Å²) in [6.45, 7) is 2.14. The number of fused-ring (bicyclic) bond motifs is 2. The Bertz CT molecular complexity index is 1270. The van der Waals surface area contributed by atoms with Crippen LogP contribution in [-0.4, -0.2) is 54.0 Å². The van der Waals surface area contributed by atoms with Crippen molar-refractivity contribution in [2.24, 2.45) is 5.92 Å². The number of likely N-dealkylation sites (tertiary alicyclic amines) is 1. The van der Waals surface area contributed by atoms with E-state index in [0.717, 1.165) is 24.0 Å². The predicted molar refractivity (Wildman–Crippen MR) is 135 cm³/mol. The van der Waals surface area contributed by atoms with Gasteiger partial charge in [0.15, 0.2) is 6.23 Å². The van der Waals surface area contributed by atoms with E-state index in [9.17, 15) is 27.9 Å². The van der Waals surface area contributed by atoms with Gasteiger partial charge in [0.25, 0.3) is 0 Å². The Morgan fingerprint density at radius 2 is 2.03 bits per heavy atom.